The van der Waals surface area contributed by atoms with Crippen LogP contribution in [0.4, 0.5) is 20.6 Å². The molecular formula is C24H23FN4O5S. The molecule has 182 valence electrons. The van der Waals surface area contributed by atoms with E-state index in [2.05, 4.69) is 5.32 Å². The van der Waals surface area contributed by atoms with Crippen LogP contribution < -0.4 is 10.2 Å². The molecule has 1 N–H and O–H groups in total. The van der Waals surface area contributed by atoms with Crippen LogP contribution >= 0.6 is 11.8 Å². The number of anilines is 1. The van der Waals surface area contributed by atoms with Gasteiger partial charge >= 0.3 is 0 Å². The first-order chi connectivity index (χ1) is 16.8. The number of nitro benzene ring substituents is 1. The van der Waals surface area contributed by atoms with E-state index in [0.717, 1.165) is 16.7 Å². The van der Waals surface area contributed by atoms with Gasteiger partial charge in [-0.25, -0.2) is 4.39 Å². The summed E-state index contributed by atoms with van der Waals surface area (Å²) in [5, 5.41) is 13.6. The second kappa shape index (κ2) is 10.7. The molecule has 0 saturated carbocycles. The lowest BCUT2D eigenvalue weighted by molar-refractivity contribution is -0.384. The molecule has 2 fully saturated rings. The van der Waals surface area contributed by atoms with E-state index in [1.807, 2.05) is 4.90 Å². The average Bonchev–Trinajstić information content (AvgIpc) is 3.12. The SMILES string of the molecule is O=C(NCCN1C(=O)S/C(=C\c2ccccc2F)C1=O)C1CCN(c2ccccc2[N+](=O)[O-])CC1. The summed E-state index contributed by atoms with van der Waals surface area (Å²) in [5.74, 6) is -1.44. The summed E-state index contributed by atoms with van der Waals surface area (Å²) in [5.41, 5.74) is 0.800. The Kier molecular flexibility index (Phi) is 7.45. The zero-order valence-corrected chi connectivity index (χ0v) is 19.5. The molecule has 2 aromatic carbocycles. The third-order valence-electron chi connectivity index (χ3n) is 5.98. The van der Waals surface area contributed by atoms with Crippen molar-refractivity contribution >= 4 is 46.3 Å². The zero-order valence-electron chi connectivity index (χ0n) is 18.7. The van der Waals surface area contributed by atoms with E-state index in [-0.39, 0.29) is 41.1 Å². The van der Waals surface area contributed by atoms with Gasteiger partial charge in [0.25, 0.3) is 16.8 Å². The van der Waals surface area contributed by atoms with Crippen LogP contribution in [-0.4, -0.2) is 53.1 Å². The fourth-order valence-corrected chi connectivity index (χ4v) is 4.99. The maximum atomic E-state index is 13.9. The van der Waals surface area contributed by atoms with Crippen molar-refractivity contribution < 1.29 is 23.7 Å². The molecule has 0 aromatic heterocycles. The lowest BCUT2D eigenvalue weighted by Gasteiger charge is -2.32. The highest BCUT2D eigenvalue weighted by Crippen LogP contribution is 2.33. The average molecular weight is 499 g/mol. The smallest absolute Gasteiger partial charge is 0.293 e. The van der Waals surface area contributed by atoms with Gasteiger partial charge in [-0.05, 0) is 42.8 Å². The van der Waals surface area contributed by atoms with Crippen LogP contribution in [0.5, 0.6) is 0 Å². The van der Waals surface area contributed by atoms with E-state index < -0.39 is 21.9 Å². The summed E-state index contributed by atoms with van der Waals surface area (Å²) >= 11 is 0.739. The topological polar surface area (TPSA) is 113 Å². The van der Waals surface area contributed by atoms with Crippen molar-refractivity contribution in [3.05, 3.63) is 74.9 Å². The first-order valence-electron chi connectivity index (χ1n) is 11.1. The van der Waals surface area contributed by atoms with Crippen LogP contribution in [0, 0.1) is 21.8 Å². The molecule has 0 bridgehead atoms. The molecule has 3 amide bonds. The highest BCUT2D eigenvalue weighted by Gasteiger charge is 2.35. The zero-order chi connectivity index (χ0) is 24.9. The second-order valence-electron chi connectivity index (χ2n) is 8.15. The number of benzene rings is 2. The van der Waals surface area contributed by atoms with Crippen LogP contribution in [0.15, 0.2) is 53.4 Å². The molecule has 2 heterocycles. The number of imide groups is 1. The number of nitro groups is 1. The minimum atomic E-state index is -0.518. The summed E-state index contributed by atoms with van der Waals surface area (Å²) in [6.07, 6.45) is 2.42. The highest BCUT2D eigenvalue weighted by molar-refractivity contribution is 8.18. The van der Waals surface area contributed by atoms with Crippen LogP contribution in [0.2, 0.25) is 0 Å². The standard InChI is InChI=1S/C24H23FN4O5S/c25-18-6-2-1-5-17(18)15-21-23(31)28(24(32)35-21)14-11-26-22(30)16-9-12-27(13-10-16)19-7-3-4-8-20(19)29(33)34/h1-8,15-16H,9-14H2,(H,26,30)/b21-15-. The van der Waals surface area contributed by atoms with Crippen molar-refractivity contribution in [3.63, 3.8) is 0 Å². The summed E-state index contributed by atoms with van der Waals surface area (Å²) in [6, 6.07) is 12.5. The Hall–Kier alpha value is -3.73. The van der Waals surface area contributed by atoms with Gasteiger partial charge in [-0.1, -0.05) is 30.3 Å². The maximum Gasteiger partial charge on any atom is 0.293 e. The number of rotatable bonds is 7. The van der Waals surface area contributed by atoms with E-state index in [1.54, 1.807) is 24.3 Å². The molecule has 0 aliphatic carbocycles. The van der Waals surface area contributed by atoms with E-state index >= 15 is 0 Å². The van der Waals surface area contributed by atoms with Crippen LogP contribution in [0.1, 0.15) is 18.4 Å². The predicted molar refractivity (Wildman–Crippen MR) is 130 cm³/mol. The first kappa shape index (κ1) is 24.4. The number of hydrogen-bond donors (Lipinski definition) is 1. The number of piperidine rings is 1. The molecule has 35 heavy (non-hydrogen) atoms. The Labute approximate surface area is 205 Å². The Bertz CT molecular complexity index is 1200. The van der Waals surface area contributed by atoms with Crippen molar-refractivity contribution in [2.75, 3.05) is 31.1 Å². The monoisotopic (exact) mass is 498 g/mol. The molecule has 2 aliphatic heterocycles. The Balaban J connectivity index is 1.27. The maximum absolute atomic E-state index is 13.9. The van der Waals surface area contributed by atoms with Crippen LogP contribution in [0.25, 0.3) is 6.08 Å². The Morgan fingerprint density at radius 1 is 1.14 bits per heavy atom. The molecule has 11 heteroatoms. The minimum absolute atomic E-state index is 0.0140. The van der Waals surface area contributed by atoms with Crippen molar-refractivity contribution in [3.8, 4) is 0 Å². The first-order valence-corrected chi connectivity index (χ1v) is 11.9. The molecule has 4 rings (SSSR count). The number of para-hydroxylation sites is 2. The number of carbonyl (C=O) groups excluding carboxylic acids is 3. The number of amides is 3. The van der Waals surface area contributed by atoms with Gasteiger partial charge in [0.15, 0.2) is 0 Å². The van der Waals surface area contributed by atoms with Gasteiger partial charge in [-0.15, -0.1) is 0 Å². The number of nitrogens with zero attached hydrogens (tertiary/aromatic N) is 3. The molecule has 0 spiro atoms. The van der Waals surface area contributed by atoms with Gasteiger partial charge in [-0.3, -0.25) is 29.4 Å². The van der Waals surface area contributed by atoms with Gasteiger partial charge in [0, 0.05) is 43.7 Å². The lowest BCUT2D eigenvalue weighted by Crippen LogP contribution is -2.43. The fourth-order valence-electron chi connectivity index (χ4n) is 4.13. The second-order valence-corrected chi connectivity index (χ2v) is 9.15. The third kappa shape index (κ3) is 5.51. The van der Waals surface area contributed by atoms with E-state index in [0.29, 0.717) is 31.6 Å². The quantitative estimate of drug-likeness (QED) is 0.351. The van der Waals surface area contributed by atoms with E-state index in [1.165, 1.54) is 30.3 Å². The minimum Gasteiger partial charge on any atom is -0.366 e. The molecule has 0 unspecified atom stereocenters. The molecular weight excluding hydrogens is 475 g/mol. The third-order valence-corrected chi connectivity index (χ3v) is 6.89. The molecule has 0 radical (unpaired) electrons. The van der Waals surface area contributed by atoms with Crippen molar-refractivity contribution in [1.82, 2.24) is 10.2 Å². The van der Waals surface area contributed by atoms with Crippen LogP contribution in [-0.2, 0) is 9.59 Å². The van der Waals surface area contributed by atoms with Crippen molar-refractivity contribution in [2.45, 2.75) is 12.8 Å². The number of thioether (sulfide) groups is 1. The lowest BCUT2D eigenvalue weighted by atomic mass is 9.95. The normalized spacial score (nSPS) is 17.8. The highest BCUT2D eigenvalue weighted by atomic mass is 32.2. The predicted octanol–water partition coefficient (Wildman–Crippen LogP) is 3.80. The molecule has 2 aromatic rings. The van der Waals surface area contributed by atoms with Crippen molar-refractivity contribution in [1.29, 1.82) is 0 Å². The Morgan fingerprint density at radius 3 is 2.54 bits per heavy atom. The summed E-state index contributed by atoms with van der Waals surface area (Å²) in [6.45, 7) is 1.13. The van der Waals surface area contributed by atoms with Gasteiger partial charge in [0.2, 0.25) is 5.91 Å². The van der Waals surface area contributed by atoms with Crippen molar-refractivity contribution in [2.24, 2.45) is 5.92 Å². The van der Waals surface area contributed by atoms with Gasteiger partial charge in [0.05, 0.1) is 9.83 Å². The largest absolute Gasteiger partial charge is 0.366 e. The number of carbonyl (C=O) groups is 3. The number of halogens is 1. The molecule has 0 atom stereocenters. The van der Waals surface area contributed by atoms with E-state index in [4.69, 9.17) is 0 Å². The van der Waals surface area contributed by atoms with Crippen LogP contribution in [0.3, 0.4) is 0 Å². The van der Waals surface area contributed by atoms with Gasteiger partial charge in [-0.2, -0.15) is 0 Å². The van der Waals surface area contributed by atoms with Gasteiger partial charge < -0.3 is 10.2 Å². The summed E-state index contributed by atoms with van der Waals surface area (Å²) in [4.78, 5) is 51.4. The fraction of sp³-hybridized carbons (Fsp3) is 0.292. The Morgan fingerprint density at radius 2 is 1.83 bits per heavy atom. The number of hydrogen-bond acceptors (Lipinski definition) is 7. The molecule has 2 aliphatic rings. The number of nitrogens with one attached hydrogen (secondary N) is 1. The summed E-state index contributed by atoms with van der Waals surface area (Å²) in [7, 11) is 0. The molecule has 2 saturated heterocycles. The molecule has 9 nitrogen and oxygen atoms in total. The van der Waals surface area contributed by atoms with E-state index in [9.17, 15) is 28.9 Å². The summed E-state index contributed by atoms with van der Waals surface area (Å²) < 4.78 is 13.9. The van der Waals surface area contributed by atoms with Gasteiger partial charge in [0.1, 0.15) is 11.5 Å².